The Kier molecular flexibility index (Phi) is 4.12. The molecule has 0 bridgehead atoms. The SMILES string of the molecule is CCCS(=O)(=O)C(C)CC#N. The smallest absolute Gasteiger partial charge is 0.153 e. The summed E-state index contributed by atoms with van der Waals surface area (Å²) < 4.78 is 22.3. The molecule has 1 atom stereocenters. The fraction of sp³-hybridized carbons (Fsp3) is 0.857. The van der Waals surface area contributed by atoms with Crippen LogP contribution in [0.3, 0.4) is 0 Å². The van der Waals surface area contributed by atoms with Gasteiger partial charge in [0.2, 0.25) is 0 Å². The average molecular weight is 175 g/mol. The standard InChI is InChI=1S/C7H13NO2S/c1-3-6-11(9,10)7(2)4-5-8/h7H,3-4,6H2,1-2H3. The summed E-state index contributed by atoms with van der Waals surface area (Å²) in [5, 5.41) is 7.75. The Hall–Kier alpha value is -0.560. The molecule has 0 aromatic carbocycles. The number of hydrogen-bond donors (Lipinski definition) is 0. The zero-order valence-corrected chi connectivity index (χ0v) is 7.69. The van der Waals surface area contributed by atoms with Gasteiger partial charge in [-0.25, -0.2) is 8.42 Å². The third kappa shape index (κ3) is 3.38. The normalized spacial score (nSPS) is 13.9. The lowest BCUT2D eigenvalue weighted by Gasteiger charge is -2.06. The summed E-state index contributed by atoms with van der Waals surface area (Å²) in [5.41, 5.74) is 0. The van der Waals surface area contributed by atoms with Crippen molar-refractivity contribution in [1.29, 1.82) is 5.26 Å². The minimum absolute atomic E-state index is 0.0995. The highest BCUT2D eigenvalue weighted by molar-refractivity contribution is 7.92. The van der Waals surface area contributed by atoms with Crippen LogP contribution in [0.5, 0.6) is 0 Å². The van der Waals surface area contributed by atoms with Crippen LogP contribution in [0.4, 0.5) is 0 Å². The topological polar surface area (TPSA) is 57.9 Å². The third-order valence-corrected chi connectivity index (χ3v) is 3.85. The van der Waals surface area contributed by atoms with Gasteiger partial charge in [-0.2, -0.15) is 5.26 Å². The van der Waals surface area contributed by atoms with Crippen molar-refractivity contribution >= 4 is 9.84 Å². The van der Waals surface area contributed by atoms with Gasteiger partial charge in [-0.15, -0.1) is 0 Å². The van der Waals surface area contributed by atoms with E-state index in [1.807, 2.05) is 13.0 Å². The van der Waals surface area contributed by atoms with Crippen LogP contribution in [0.2, 0.25) is 0 Å². The van der Waals surface area contributed by atoms with E-state index in [0.29, 0.717) is 6.42 Å². The first kappa shape index (κ1) is 10.4. The fourth-order valence-corrected chi connectivity index (χ4v) is 2.04. The van der Waals surface area contributed by atoms with Crippen LogP contribution in [-0.2, 0) is 9.84 Å². The molecule has 0 heterocycles. The summed E-state index contributed by atoms with van der Waals surface area (Å²) in [4.78, 5) is 0. The van der Waals surface area contributed by atoms with Crippen molar-refractivity contribution in [2.45, 2.75) is 31.9 Å². The number of sulfone groups is 1. The Balaban J connectivity index is 4.21. The van der Waals surface area contributed by atoms with Crippen LogP contribution in [0, 0.1) is 11.3 Å². The van der Waals surface area contributed by atoms with Crippen molar-refractivity contribution < 1.29 is 8.42 Å². The monoisotopic (exact) mass is 175 g/mol. The molecule has 0 aliphatic carbocycles. The summed E-state index contributed by atoms with van der Waals surface area (Å²) >= 11 is 0. The number of nitriles is 1. The van der Waals surface area contributed by atoms with Gasteiger partial charge in [0, 0.05) is 0 Å². The maximum atomic E-state index is 11.2. The Morgan fingerprint density at radius 3 is 2.45 bits per heavy atom. The fourth-order valence-electron chi connectivity index (χ4n) is 0.741. The summed E-state index contributed by atoms with van der Waals surface area (Å²) in [7, 11) is -2.99. The lowest BCUT2D eigenvalue weighted by Crippen LogP contribution is -2.19. The van der Waals surface area contributed by atoms with Crippen LogP contribution in [-0.4, -0.2) is 19.4 Å². The highest BCUT2D eigenvalue weighted by atomic mass is 32.2. The maximum absolute atomic E-state index is 11.2. The van der Waals surface area contributed by atoms with E-state index in [9.17, 15) is 8.42 Å². The highest BCUT2D eigenvalue weighted by Gasteiger charge is 2.18. The predicted octanol–water partition coefficient (Wildman–Crippen LogP) is 1.11. The summed E-state index contributed by atoms with van der Waals surface area (Å²) in [5.74, 6) is 0.190. The molecule has 11 heavy (non-hydrogen) atoms. The van der Waals surface area contributed by atoms with Crippen LogP contribution >= 0.6 is 0 Å². The summed E-state index contributed by atoms with van der Waals surface area (Å²) in [6.07, 6.45) is 0.723. The molecule has 1 unspecified atom stereocenters. The summed E-state index contributed by atoms with van der Waals surface area (Å²) in [6, 6.07) is 1.85. The Labute approximate surface area is 67.9 Å². The first-order valence-electron chi connectivity index (χ1n) is 3.63. The first-order chi connectivity index (χ1) is 5.04. The van der Waals surface area contributed by atoms with E-state index in [1.165, 1.54) is 0 Å². The van der Waals surface area contributed by atoms with Crippen molar-refractivity contribution in [1.82, 2.24) is 0 Å². The van der Waals surface area contributed by atoms with E-state index >= 15 is 0 Å². The molecule has 0 radical (unpaired) electrons. The molecule has 0 aromatic rings. The molecular weight excluding hydrogens is 162 g/mol. The molecule has 0 rings (SSSR count). The van der Waals surface area contributed by atoms with E-state index in [1.54, 1.807) is 6.92 Å². The molecule has 0 amide bonds. The molecule has 0 spiro atoms. The maximum Gasteiger partial charge on any atom is 0.153 e. The molecular formula is C7H13NO2S. The largest absolute Gasteiger partial charge is 0.229 e. The van der Waals surface area contributed by atoms with Gasteiger partial charge in [-0.1, -0.05) is 6.92 Å². The second-order valence-electron chi connectivity index (χ2n) is 2.54. The zero-order valence-electron chi connectivity index (χ0n) is 6.87. The molecule has 3 nitrogen and oxygen atoms in total. The van der Waals surface area contributed by atoms with Crippen molar-refractivity contribution in [3.63, 3.8) is 0 Å². The molecule has 64 valence electrons. The van der Waals surface area contributed by atoms with Gasteiger partial charge < -0.3 is 0 Å². The van der Waals surface area contributed by atoms with E-state index in [4.69, 9.17) is 5.26 Å². The van der Waals surface area contributed by atoms with Crippen molar-refractivity contribution in [2.75, 3.05) is 5.75 Å². The van der Waals surface area contributed by atoms with Gasteiger partial charge in [-0.3, -0.25) is 0 Å². The van der Waals surface area contributed by atoms with E-state index in [-0.39, 0.29) is 12.2 Å². The lowest BCUT2D eigenvalue weighted by atomic mass is 10.4. The average Bonchev–Trinajstić information content (AvgIpc) is 1.88. The second-order valence-corrected chi connectivity index (χ2v) is 5.08. The van der Waals surface area contributed by atoms with E-state index in [2.05, 4.69) is 0 Å². The highest BCUT2D eigenvalue weighted by Crippen LogP contribution is 2.06. The van der Waals surface area contributed by atoms with Gasteiger partial charge in [0.1, 0.15) is 0 Å². The summed E-state index contributed by atoms with van der Waals surface area (Å²) in [6.45, 7) is 3.39. The van der Waals surface area contributed by atoms with Crippen molar-refractivity contribution in [2.24, 2.45) is 0 Å². The van der Waals surface area contributed by atoms with Crippen LogP contribution in [0.25, 0.3) is 0 Å². The van der Waals surface area contributed by atoms with Crippen molar-refractivity contribution in [3.05, 3.63) is 0 Å². The number of hydrogen-bond acceptors (Lipinski definition) is 3. The van der Waals surface area contributed by atoms with E-state index < -0.39 is 15.1 Å². The Bertz CT molecular complexity index is 238. The van der Waals surface area contributed by atoms with Gasteiger partial charge in [-0.05, 0) is 13.3 Å². The number of nitrogens with zero attached hydrogens (tertiary/aromatic N) is 1. The molecule has 0 aromatic heterocycles. The van der Waals surface area contributed by atoms with Crippen LogP contribution in [0.15, 0.2) is 0 Å². The molecule has 0 aliphatic heterocycles. The Morgan fingerprint density at radius 1 is 1.55 bits per heavy atom. The van der Waals surface area contributed by atoms with Crippen molar-refractivity contribution in [3.8, 4) is 6.07 Å². The molecule has 0 saturated carbocycles. The minimum atomic E-state index is -2.99. The molecule has 0 saturated heterocycles. The van der Waals surface area contributed by atoms with Gasteiger partial charge in [0.15, 0.2) is 9.84 Å². The van der Waals surface area contributed by atoms with Crippen LogP contribution in [0.1, 0.15) is 26.7 Å². The first-order valence-corrected chi connectivity index (χ1v) is 5.34. The van der Waals surface area contributed by atoms with Crippen LogP contribution < -0.4 is 0 Å². The zero-order chi connectivity index (χ0) is 8.91. The van der Waals surface area contributed by atoms with Gasteiger partial charge >= 0.3 is 0 Å². The quantitative estimate of drug-likeness (QED) is 0.643. The third-order valence-electron chi connectivity index (χ3n) is 1.48. The molecule has 0 fully saturated rings. The number of rotatable bonds is 4. The Morgan fingerprint density at radius 2 is 2.09 bits per heavy atom. The van der Waals surface area contributed by atoms with Gasteiger partial charge in [0.25, 0.3) is 0 Å². The lowest BCUT2D eigenvalue weighted by molar-refractivity contribution is 0.582. The van der Waals surface area contributed by atoms with E-state index in [0.717, 1.165) is 0 Å². The molecule has 4 heteroatoms. The minimum Gasteiger partial charge on any atom is -0.229 e. The molecule has 0 N–H and O–H groups in total. The van der Waals surface area contributed by atoms with Gasteiger partial charge in [0.05, 0.1) is 23.5 Å². The second kappa shape index (κ2) is 4.35. The predicted molar refractivity (Wildman–Crippen MR) is 43.8 cm³/mol. The molecule has 0 aliphatic rings.